The van der Waals surface area contributed by atoms with Crippen LogP contribution in [0.3, 0.4) is 0 Å². The van der Waals surface area contributed by atoms with Gasteiger partial charge in [-0.3, -0.25) is 4.79 Å². The highest BCUT2D eigenvalue weighted by Crippen LogP contribution is 2.20. The molecule has 1 N–H and O–H groups in total. The van der Waals surface area contributed by atoms with Crippen LogP contribution in [0.5, 0.6) is 0 Å². The van der Waals surface area contributed by atoms with Crippen LogP contribution in [0.25, 0.3) is 0 Å². The second kappa shape index (κ2) is 5.38. The zero-order chi connectivity index (χ0) is 13.2. The molecule has 17 heavy (non-hydrogen) atoms. The molecule has 1 aromatic carbocycles. The number of halogens is 2. The Kier molecular flexibility index (Phi) is 4.58. The number of aliphatic hydroxyl groups is 1. The summed E-state index contributed by atoms with van der Waals surface area (Å²) >= 11 is 9.17. The van der Waals surface area contributed by atoms with E-state index in [1.807, 2.05) is 0 Å². The van der Waals surface area contributed by atoms with Crippen LogP contribution in [-0.2, 0) is 0 Å². The molecule has 0 radical (unpaired) electrons. The van der Waals surface area contributed by atoms with Crippen molar-refractivity contribution >= 4 is 33.4 Å². The largest absolute Gasteiger partial charge is 0.389 e. The first kappa shape index (κ1) is 14.5. The molecule has 3 nitrogen and oxygen atoms in total. The van der Waals surface area contributed by atoms with Crippen LogP contribution in [0, 0.1) is 0 Å². The zero-order valence-electron chi connectivity index (χ0n) is 10.00. The summed E-state index contributed by atoms with van der Waals surface area (Å²) in [4.78, 5) is 13.5. The van der Waals surface area contributed by atoms with E-state index in [1.165, 1.54) is 4.90 Å². The van der Waals surface area contributed by atoms with Crippen molar-refractivity contribution in [3.05, 3.63) is 33.3 Å². The lowest BCUT2D eigenvalue weighted by Crippen LogP contribution is -2.39. The Hall–Kier alpha value is -0.580. The number of rotatable bonds is 3. The van der Waals surface area contributed by atoms with Gasteiger partial charge in [0.1, 0.15) is 0 Å². The number of carbonyl (C=O) groups is 1. The third-order valence-corrected chi connectivity index (χ3v) is 2.76. The van der Waals surface area contributed by atoms with E-state index in [-0.39, 0.29) is 12.5 Å². The SMILES string of the molecule is CN(CC(C)(C)O)C(=O)c1cc(Cl)cc(Br)c1. The minimum absolute atomic E-state index is 0.171. The van der Waals surface area contributed by atoms with Gasteiger partial charge in [0.25, 0.3) is 5.91 Å². The summed E-state index contributed by atoms with van der Waals surface area (Å²) in [5.74, 6) is -0.171. The second-order valence-corrected chi connectivity index (χ2v) is 5.98. The Morgan fingerprint density at radius 1 is 1.47 bits per heavy atom. The molecule has 0 aromatic heterocycles. The van der Waals surface area contributed by atoms with Crippen LogP contribution in [0.1, 0.15) is 24.2 Å². The van der Waals surface area contributed by atoms with Crippen molar-refractivity contribution in [3.8, 4) is 0 Å². The van der Waals surface area contributed by atoms with Gasteiger partial charge in [0.2, 0.25) is 0 Å². The van der Waals surface area contributed by atoms with Crippen molar-refractivity contribution in [1.29, 1.82) is 0 Å². The van der Waals surface area contributed by atoms with Crippen LogP contribution >= 0.6 is 27.5 Å². The summed E-state index contributed by atoms with van der Waals surface area (Å²) in [6.45, 7) is 3.57. The van der Waals surface area contributed by atoms with E-state index < -0.39 is 5.60 Å². The summed E-state index contributed by atoms with van der Waals surface area (Å²) < 4.78 is 0.755. The molecule has 1 rings (SSSR count). The van der Waals surface area contributed by atoms with Gasteiger partial charge in [-0.15, -0.1) is 0 Å². The molecular formula is C12H15BrClNO2. The molecule has 1 aromatic rings. The molecule has 0 saturated heterocycles. The second-order valence-electron chi connectivity index (χ2n) is 4.63. The summed E-state index contributed by atoms with van der Waals surface area (Å²) in [5, 5.41) is 10.2. The topological polar surface area (TPSA) is 40.5 Å². The Morgan fingerprint density at radius 3 is 2.53 bits per heavy atom. The van der Waals surface area contributed by atoms with Crippen LogP contribution in [0.4, 0.5) is 0 Å². The molecule has 0 heterocycles. The van der Waals surface area contributed by atoms with Gasteiger partial charge in [-0.2, -0.15) is 0 Å². The van der Waals surface area contributed by atoms with Crippen LogP contribution in [-0.4, -0.2) is 35.1 Å². The number of carbonyl (C=O) groups excluding carboxylic acids is 1. The van der Waals surface area contributed by atoms with E-state index in [9.17, 15) is 9.90 Å². The zero-order valence-corrected chi connectivity index (χ0v) is 12.3. The normalized spacial score (nSPS) is 11.4. The molecular weight excluding hydrogens is 305 g/mol. The average Bonchev–Trinajstić information content (AvgIpc) is 2.12. The van der Waals surface area contributed by atoms with E-state index in [0.29, 0.717) is 10.6 Å². The Balaban J connectivity index is 2.89. The van der Waals surface area contributed by atoms with E-state index in [4.69, 9.17) is 11.6 Å². The van der Waals surface area contributed by atoms with Gasteiger partial charge < -0.3 is 10.0 Å². The minimum atomic E-state index is -0.916. The molecule has 94 valence electrons. The van der Waals surface area contributed by atoms with E-state index in [0.717, 1.165) is 4.47 Å². The van der Waals surface area contributed by atoms with Gasteiger partial charge in [0, 0.05) is 28.7 Å². The molecule has 0 aliphatic rings. The van der Waals surface area contributed by atoms with Gasteiger partial charge in [-0.1, -0.05) is 27.5 Å². The van der Waals surface area contributed by atoms with Crippen LogP contribution < -0.4 is 0 Å². The van der Waals surface area contributed by atoms with Gasteiger partial charge >= 0.3 is 0 Å². The highest BCUT2D eigenvalue weighted by molar-refractivity contribution is 9.10. The van der Waals surface area contributed by atoms with Gasteiger partial charge in [-0.05, 0) is 32.0 Å². The van der Waals surface area contributed by atoms with Crippen LogP contribution in [0.15, 0.2) is 22.7 Å². The predicted octanol–water partition coefficient (Wildman–Crippen LogP) is 2.95. The predicted molar refractivity (Wildman–Crippen MR) is 72.4 cm³/mol. The minimum Gasteiger partial charge on any atom is -0.389 e. The van der Waals surface area contributed by atoms with Gasteiger partial charge in [-0.25, -0.2) is 0 Å². The number of nitrogens with zero attached hydrogens (tertiary/aromatic N) is 1. The van der Waals surface area contributed by atoms with E-state index in [2.05, 4.69) is 15.9 Å². The number of amides is 1. The van der Waals surface area contributed by atoms with Gasteiger partial charge in [0.05, 0.1) is 5.60 Å². The third kappa shape index (κ3) is 4.66. The molecule has 1 amide bonds. The van der Waals surface area contributed by atoms with Crippen molar-refractivity contribution in [2.75, 3.05) is 13.6 Å². The Labute approximate surface area is 115 Å². The molecule has 0 saturated carbocycles. The molecule has 0 atom stereocenters. The first-order valence-corrected chi connectivity index (χ1v) is 6.30. The van der Waals surface area contributed by atoms with Crippen molar-refractivity contribution in [1.82, 2.24) is 4.90 Å². The summed E-state index contributed by atoms with van der Waals surface area (Å²) in [7, 11) is 1.65. The molecule has 0 bridgehead atoms. The number of hydrogen-bond acceptors (Lipinski definition) is 2. The fourth-order valence-electron chi connectivity index (χ4n) is 1.55. The number of hydrogen-bond donors (Lipinski definition) is 1. The summed E-state index contributed by atoms with van der Waals surface area (Å²) in [6, 6.07) is 5.03. The first-order chi connectivity index (χ1) is 7.69. The molecule has 0 fully saturated rings. The smallest absolute Gasteiger partial charge is 0.253 e. The van der Waals surface area contributed by atoms with E-state index in [1.54, 1.807) is 39.1 Å². The lowest BCUT2D eigenvalue weighted by molar-refractivity contribution is 0.0368. The Bertz CT molecular complexity index is 409. The third-order valence-electron chi connectivity index (χ3n) is 2.08. The fourth-order valence-corrected chi connectivity index (χ4v) is 2.41. The summed E-state index contributed by atoms with van der Waals surface area (Å²) in [6.07, 6.45) is 0. The van der Waals surface area contributed by atoms with Crippen molar-refractivity contribution in [2.45, 2.75) is 19.4 Å². The molecule has 0 spiro atoms. The molecule has 5 heteroatoms. The highest BCUT2D eigenvalue weighted by atomic mass is 79.9. The average molecular weight is 321 g/mol. The van der Waals surface area contributed by atoms with E-state index >= 15 is 0 Å². The highest BCUT2D eigenvalue weighted by Gasteiger charge is 2.20. The maximum Gasteiger partial charge on any atom is 0.253 e. The fraction of sp³-hybridized carbons (Fsp3) is 0.417. The van der Waals surface area contributed by atoms with Gasteiger partial charge in [0.15, 0.2) is 0 Å². The summed E-state index contributed by atoms with van der Waals surface area (Å²) in [5.41, 5.74) is -0.420. The van der Waals surface area contributed by atoms with Crippen molar-refractivity contribution < 1.29 is 9.90 Å². The lowest BCUT2D eigenvalue weighted by Gasteiger charge is -2.25. The maximum absolute atomic E-state index is 12.1. The quantitative estimate of drug-likeness (QED) is 0.930. The number of benzene rings is 1. The molecule has 0 aliphatic heterocycles. The maximum atomic E-state index is 12.1. The van der Waals surface area contributed by atoms with Crippen molar-refractivity contribution in [2.24, 2.45) is 0 Å². The van der Waals surface area contributed by atoms with Crippen LogP contribution in [0.2, 0.25) is 5.02 Å². The monoisotopic (exact) mass is 319 g/mol. The van der Waals surface area contributed by atoms with Crippen molar-refractivity contribution in [3.63, 3.8) is 0 Å². The lowest BCUT2D eigenvalue weighted by atomic mass is 10.1. The molecule has 0 unspecified atom stereocenters. The standard InChI is InChI=1S/C12H15BrClNO2/c1-12(2,17)7-15(3)11(16)8-4-9(13)6-10(14)5-8/h4-6,17H,7H2,1-3H3. The molecule has 0 aliphatic carbocycles. The first-order valence-electron chi connectivity index (χ1n) is 5.13. The number of likely N-dealkylation sites (N-methyl/N-ethyl adjacent to an activating group) is 1. The Morgan fingerprint density at radius 2 is 2.06 bits per heavy atom.